The minimum Gasteiger partial charge on any atom is -0.508 e. The molecule has 2 fully saturated rings. The molecular formula is C47H79N5O9. The van der Waals surface area contributed by atoms with E-state index in [0.29, 0.717) is 32.5 Å². The van der Waals surface area contributed by atoms with Crippen LogP contribution in [0.15, 0.2) is 24.3 Å². The third-order valence-corrected chi connectivity index (χ3v) is 13.4. The molecule has 2 aliphatic rings. The average molecular weight is 858 g/mol. The molecule has 0 aromatic heterocycles. The second kappa shape index (κ2) is 24.9. The topological polar surface area (TPSA) is 176 Å². The highest BCUT2D eigenvalue weighted by Gasteiger charge is 2.43. The van der Waals surface area contributed by atoms with Crippen LogP contribution in [0.25, 0.3) is 0 Å². The van der Waals surface area contributed by atoms with Crippen LogP contribution in [0.5, 0.6) is 5.75 Å². The number of rotatable bonds is 24. The SMILES string of the molecule is CCC(C)C(CC(C)C(C)C(=O)C(NC(=O)C(NC)C(C)C)C(C)C)C(CC(=O)N1CCCC1C(OC)C(C)C(=O)NC(Cc1ccc(O)cc1)C(=O)N1CCCCO1)OC. The van der Waals surface area contributed by atoms with Gasteiger partial charge in [-0.2, -0.15) is 0 Å². The maximum Gasteiger partial charge on any atom is 0.269 e. The van der Waals surface area contributed by atoms with Crippen molar-refractivity contribution < 1.29 is 43.4 Å². The molecule has 0 radical (unpaired) electrons. The third-order valence-electron chi connectivity index (χ3n) is 13.4. The quantitative estimate of drug-likeness (QED) is 0.107. The lowest BCUT2D eigenvalue weighted by atomic mass is 9.74. The van der Waals surface area contributed by atoms with Crippen LogP contribution < -0.4 is 16.0 Å². The Bertz CT molecular complexity index is 1550. The first kappa shape index (κ1) is 51.8. The standard InChI is InChI=1S/C47H79N5O9/c1-13-30(6)36(25-31(7)32(8)43(55)41(28(2)3)50-46(57)42(48-10)29(4)5)39(59-11)27-40(54)51-22-16-17-38(51)44(60-12)33(9)45(56)49-37(26-34-18-20-35(53)21-19-34)47(58)52-23-14-15-24-61-52/h18-21,28-33,36-39,41-42,44,48,53H,13-17,22-27H2,1-12H3,(H,49,56)(H,50,57). The Balaban J connectivity index is 1.75. The number of phenolic OH excluding ortho intramolecular Hbond substituents is 1. The van der Waals surface area contributed by atoms with Gasteiger partial charge < -0.3 is 35.4 Å². The Hall–Kier alpha value is -3.59. The summed E-state index contributed by atoms with van der Waals surface area (Å²) in [6, 6.07) is 4.23. The fourth-order valence-corrected chi connectivity index (χ4v) is 9.13. The summed E-state index contributed by atoms with van der Waals surface area (Å²) >= 11 is 0. The lowest BCUT2D eigenvalue weighted by Crippen LogP contribution is -2.55. The van der Waals surface area contributed by atoms with Crippen molar-refractivity contribution in [3.63, 3.8) is 0 Å². The highest BCUT2D eigenvalue weighted by molar-refractivity contribution is 5.92. The van der Waals surface area contributed by atoms with E-state index in [4.69, 9.17) is 14.3 Å². The summed E-state index contributed by atoms with van der Waals surface area (Å²) in [6.45, 7) is 19.3. The molecule has 1 aromatic carbocycles. The number of hydrogen-bond acceptors (Lipinski definition) is 10. The van der Waals surface area contributed by atoms with Crippen molar-refractivity contribution in [2.75, 3.05) is 41.0 Å². The molecule has 0 aliphatic carbocycles. The molecular weight excluding hydrogens is 779 g/mol. The van der Waals surface area contributed by atoms with Gasteiger partial charge in [0.05, 0.1) is 49.3 Å². The summed E-state index contributed by atoms with van der Waals surface area (Å²) < 4.78 is 12.2. The van der Waals surface area contributed by atoms with Crippen LogP contribution in [0, 0.1) is 41.4 Å². The number of methoxy groups -OCH3 is 2. The fourth-order valence-electron chi connectivity index (χ4n) is 9.13. The number of benzene rings is 1. The molecule has 0 bridgehead atoms. The summed E-state index contributed by atoms with van der Waals surface area (Å²) in [6.07, 6.45) is 3.87. The van der Waals surface area contributed by atoms with E-state index in [-0.39, 0.29) is 89.6 Å². The van der Waals surface area contributed by atoms with Gasteiger partial charge in [0, 0.05) is 39.6 Å². The van der Waals surface area contributed by atoms with Gasteiger partial charge in [-0.05, 0) is 86.4 Å². The van der Waals surface area contributed by atoms with Crippen LogP contribution in [0.4, 0.5) is 0 Å². The van der Waals surface area contributed by atoms with Crippen molar-refractivity contribution in [3.05, 3.63) is 29.8 Å². The Morgan fingerprint density at radius 3 is 2.02 bits per heavy atom. The van der Waals surface area contributed by atoms with Gasteiger partial charge in [-0.3, -0.25) is 28.8 Å². The fraction of sp³-hybridized carbons (Fsp3) is 0.766. The normalized spacial score (nSPS) is 20.9. The number of likely N-dealkylation sites (N-methyl/N-ethyl adjacent to an activating group) is 1. The number of amides is 4. The smallest absolute Gasteiger partial charge is 0.269 e. The zero-order valence-corrected chi connectivity index (χ0v) is 39.2. The summed E-state index contributed by atoms with van der Waals surface area (Å²) in [7, 11) is 4.94. The Kier molecular flexibility index (Phi) is 21.1. The lowest BCUT2D eigenvalue weighted by molar-refractivity contribution is -0.199. The van der Waals surface area contributed by atoms with Crippen LogP contribution in [0.1, 0.15) is 113 Å². The van der Waals surface area contributed by atoms with E-state index in [9.17, 15) is 29.1 Å². The lowest BCUT2D eigenvalue weighted by Gasteiger charge is -2.37. The molecule has 14 nitrogen and oxygen atoms in total. The predicted octanol–water partition coefficient (Wildman–Crippen LogP) is 5.30. The van der Waals surface area contributed by atoms with Gasteiger partial charge in [-0.15, -0.1) is 0 Å². The van der Waals surface area contributed by atoms with Crippen molar-refractivity contribution in [2.24, 2.45) is 41.4 Å². The third kappa shape index (κ3) is 14.2. The van der Waals surface area contributed by atoms with Crippen molar-refractivity contribution in [1.29, 1.82) is 0 Å². The molecule has 4 amide bonds. The molecule has 11 atom stereocenters. The van der Waals surface area contributed by atoms with E-state index in [1.165, 1.54) is 5.06 Å². The van der Waals surface area contributed by atoms with Gasteiger partial charge in [0.25, 0.3) is 5.91 Å². The van der Waals surface area contributed by atoms with Gasteiger partial charge >= 0.3 is 0 Å². The Morgan fingerprint density at radius 2 is 1.48 bits per heavy atom. The number of carbonyl (C=O) groups is 5. The second-order valence-electron chi connectivity index (χ2n) is 18.4. The summed E-state index contributed by atoms with van der Waals surface area (Å²) in [5, 5.41) is 20.2. The van der Waals surface area contributed by atoms with Gasteiger partial charge in [-0.1, -0.05) is 80.9 Å². The number of Topliss-reactive ketones (excluding diaryl/α,β-unsaturated/α-hetero) is 1. The zero-order chi connectivity index (χ0) is 45.6. The highest BCUT2D eigenvalue weighted by Crippen LogP contribution is 2.35. The van der Waals surface area contributed by atoms with Gasteiger partial charge in [-0.25, -0.2) is 5.06 Å². The van der Waals surface area contributed by atoms with Crippen LogP contribution in [-0.2, 0) is 44.7 Å². The highest BCUT2D eigenvalue weighted by atomic mass is 16.7. The summed E-state index contributed by atoms with van der Waals surface area (Å²) in [4.78, 5) is 76.8. The molecule has 1 aromatic rings. The molecule has 11 unspecified atom stereocenters. The van der Waals surface area contributed by atoms with Crippen LogP contribution in [0.3, 0.4) is 0 Å². The van der Waals surface area contributed by atoms with Gasteiger partial charge in [0.15, 0.2) is 5.78 Å². The zero-order valence-electron chi connectivity index (χ0n) is 39.2. The molecule has 14 heteroatoms. The molecule has 3 rings (SSSR count). The number of ketones is 1. The molecule has 4 N–H and O–H groups in total. The van der Waals surface area contributed by atoms with E-state index in [1.807, 2.05) is 39.5 Å². The first-order valence-corrected chi connectivity index (χ1v) is 22.8. The van der Waals surface area contributed by atoms with E-state index >= 15 is 0 Å². The number of likely N-dealkylation sites (tertiary alicyclic amines) is 1. The van der Waals surface area contributed by atoms with E-state index in [0.717, 1.165) is 31.2 Å². The Morgan fingerprint density at radius 1 is 0.820 bits per heavy atom. The van der Waals surface area contributed by atoms with Crippen LogP contribution in [0.2, 0.25) is 0 Å². The predicted molar refractivity (Wildman–Crippen MR) is 236 cm³/mol. The van der Waals surface area contributed by atoms with Crippen molar-refractivity contribution >= 4 is 29.4 Å². The Labute approximate surface area is 365 Å². The largest absolute Gasteiger partial charge is 0.508 e. The van der Waals surface area contributed by atoms with E-state index < -0.39 is 36.3 Å². The average Bonchev–Trinajstić information content (AvgIpc) is 3.73. The number of nitrogens with zero attached hydrogens (tertiary/aromatic N) is 2. The van der Waals surface area contributed by atoms with E-state index in [1.54, 1.807) is 52.5 Å². The van der Waals surface area contributed by atoms with Crippen molar-refractivity contribution in [3.8, 4) is 5.75 Å². The van der Waals surface area contributed by atoms with Gasteiger partial charge in [0.2, 0.25) is 17.7 Å². The number of carbonyl (C=O) groups excluding carboxylic acids is 5. The molecule has 346 valence electrons. The monoisotopic (exact) mass is 858 g/mol. The number of ether oxygens (including phenoxy) is 2. The molecule has 0 spiro atoms. The minimum absolute atomic E-state index is 0.00180. The molecule has 2 heterocycles. The van der Waals surface area contributed by atoms with Crippen molar-refractivity contribution in [1.82, 2.24) is 25.9 Å². The molecule has 2 aliphatic heterocycles. The number of hydrogen-bond donors (Lipinski definition) is 4. The number of phenols is 1. The van der Waals surface area contributed by atoms with Gasteiger partial charge in [0.1, 0.15) is 11.8 Å². The maximum atomic E-state index is 14.4. The van der Waals surface area contributed by atoms with Crippen molar-refractivity contribution in [2.45, 2.75) is 150 Å². The number of hydroxylamine groups is 2. The minimum atomic E-state index is -0.914. The maximum absolute atomic E-state index is 14.4. The first-order valence-electron chi connectivity index (χ1n) is 22.8. The second-order valence-corrected chi connectivity index (χ2v) is 18.4. The first-order chi connectivity index (χ1) is 28.9. The van der Waals surface area contributed by atoms with E-state index in [2.05, 4.69) is 36.7 Å². The molecule has 2 saturated heterocycles. The summed E-state index contributed by atoms with van der Waals surface area (Å²) in [5.74, 6) is -1.83. The van der Waals surface area contributed by atoms with Crippen LogP contribution in [-0.4, -0.2) is 122 Å². The molecule has 61 heavy (non-hydrogen) atoms. The van der Waals surface area contributed by atoms with Crippen LogP contribution >= 0.6 is 0 Å². The number of nitrogens with one attached hydrogen (secondary N) is 3. The molecule has 0 saturated carbocycles. The summed E-state index contributed by atoms with van der Waals surface area (Å²) in [5.41, 5.74) is 0.768. The number of aromatic hydroxyl groups is 1.